The summed E-state index contributed by atoms with van der Waals surface area (Å²) < 4.78 is 0. The fourth-order valence-corrected chi connectivity index (χ4v) is 2.62. The molecule has 1 N–H and O–H groups in total. The minimum absolute atomic E-state index is 0.639. The zero-order chi connectivity index (χ0) is 10.5. The summed E-state index contributed by atoms with van der Waals surface area (Å²) in [6.45, 7) is 5.52. The number of nitrogens with one attached hydrogen (secondary N) is 1. The third kappa shape index (κ3) is 2.89. The van der Waals surface area contributed by atoms with Crippen LogP contribution in [0.15, 0.2) is 5.51 Å². The van der Waals surface area contributed by atoms with Crippen molar-refractivity contribution in [3.8, 4) is 0 Å². The van der Waals surface area contributed by atoms with E-state index in [1.165, 1.54) is 19.4 Å². The molecule has 1 fully saturated rings. The first kappa shape index (κ1) is 10.8. The lowest BCUT2D eigenvalue weighted by atomic mass is 10.2. The molecule has 0 aliphatic carbocycles. The Kier molecular flexibility index (Phi) is 3.91. The van der Waals surface area contributed by atoms with Crippen molar-refractivity contribution in [1.29, 1.82) is 0 Å². The Labute approximate surface area is 94.7 Å². The minimum Gasteiger partial charge on any atom is -0.345 e. The lowest BCUT2D eigenvalue weighted by Crippen LogP contribution is -2.38. The van der Waals surface area contributed by atoms with E-state index in [0.717, 1.165) is 24.6 Å². The van der Waals surface area contributed by atoms with Gasteiger partial charge in [0.15, 0.2) is 0 Å². The summed E-state index contributed by atoms with van der Waals surface area (Å²) in [5.41, 5.74) is 1.81. The van der Waals surface area contributed by atoms with E-state index in [9.17, 15) is 0 Å². The first-order valence-electron chi connectivity index (χ1n) is 5.64. The predicted octanol–water partition coefficient (Wildman–Crippen LogP) is 1.51. The van der Waals surface area contributed by atoms with E-state index in [-0.39, 0.29) is 0 Å². The Hall–Kier alpha value is -0.680. The number of nitrogens with zero attached hydrogens (tertiary/aromatic N) is 3. The van der Waals surface area contributed by atoms with Crippen LogP contribution in [0.2, 0.25) is 0 Å². The summed E-state index contributed by atoms with van der Waals surface area (Å²) in [7, 11) is 0. The van der Waals surface area contributed by atoms with Crippen molar-refractivity contribution in [3.63, 3.8) is 0 Å². The molecule has 84 valence electrons. The lowest BCUT2D eigenvalue weighted by molar-refractivity contribution is 0.577. The number of aromatic nitrogens is 2. The monoisotopic (exact) mass is 226 g/mol. The fraction of sp³-hybridized carbons (Fsp3) is 0.800. The van der Waals surface area contributed by atoms with Crippen LogP contribution in [0.5, 0.6) is 0 Å². The summed E-state index contributed by atoms with van der Waals surface area (Å²) in [5.74, 6) is 0. The van der Waals surface area contributed by atoms with Crippen LogP contribution in [0.3, 0.4) is 0 Å². The summed E-state index contributed by atoms with van der Waals surface area (Å²) in [6.07, 6.45) is 3.76. The molecule has 0 spiro atoms. The number of hydrogen-bond acceptors (Lipinski definition) is 5. The Balaban J connectivity index is 1.93. The van der Waals surface area contributed by atoms with Gasteiger partial charge in [0.05, 0.1) is 0 Å². The van der Waals surface area contributed by atoms with Gasteiger partial charge in [0, 0.05) is 19.1 Å². The maximum Gasteiger partial charge on any atom is 0.208 e. The number of hydrogen-bond donors (Lipinski definition) is 1. The third-order valence-electron chi connectivity index (χ3n) is 2.72. The average molecular weight is 226 g/mol. The molecule has 1 saturated heterocycles. The van der Waals surface area contributed by atoms with E-state index in [1.807, 2.05) is 0 Å². The van der Waals surface area contributed by atoms with Crippen LogP contribution in [0.4, 0.5) is 5.13 Å². The predicted molar refractivity (Wildman–Crippen MR) is 63.4 cm³/mol. The summed E-state index contributed by atoms with van der Waals surface area (Å²) >= 11 is 1.63. The first-order valence-corrected chi connectivity index (χ1v) is 6.52. The molecule has 15 heavy (non-hydrogen) atoms. The van der Waals surface area contributed by atoms with E-state index < -0.39 is 0 Å². The highest BCUT2D eigenvalue weighted by Gasteiger charge is 2.19. The SMILES string of the molecule is CCCN(CC1CCCN1)c1nncs1. The minimum atomic E-state index is 0.639. The van der Waals surface area contributed by atoms with Gasteiger partial charge < -0.3 is 10.2 Å². The van der Waals surface area contributed by atoms with Crippen molar-refractivity contribution in [2.24, 2.45) is 0 Å². The summed E-state index contributed by atoms with van der Waals surface area (Å²) in [5, 5.41) is 12.6. The molecule has 0 saturated carbocycles. The van der Waals surface area contributed by atoms with Crippen molar-refractivity contribution in [2.75, 3.05) is 24.5 Å². The van der Waals surface area contributed by atoms with Crippen molar-refractivity contribution in [3.05, 3.63) is 5.51 Å². The molecule has 0 aromatic carbocycles. The largest absolute Gasteiger partial charge is 0.345 e. The highest BCUT2D eigenvalue weighted by atomic mass is 32.1. The molecule has 0 radical (unpaired) electrons. The molecule has 1 atom stereocenters. The molecule has 1 aromatic heterocycles. The highest BCUT2D eigenvalue weighted by molar-refractivity contribution is 7.13. The Morgan fingerprint density at radius 3 is 3.20 bits per heavy atom. The Bertz CT molecular complexity index is 269. The molecule has 1 aliphatic rings. The van der Waals surface area contributed by atoms with Gasteiger partial charge in [-0.2, -0.15) is 0 Å². The van der Waals surface area contributed by atoms with E-state index >= 15 is 0 Å². The second-order valence-corrected chi connectivity index (χ2v) is 4.77. The molecule has 4 nitrogen and oxygen atoms in total. The second kappa shape index (κ2) is 5.42. The van der Waals surface area contributed by atoms with E-state index in [0.29, 0.717) is 6.04 Å². The number of rotatable bonds is 5. The smallest absolute Gasteiger partial charge is 0.208 e. The zero-order valence-electron chi connectivity index (χ0n) is 9.15. The van der Waals surface area contributed by atoms with Crippen LogP contribution in [-0.4, -0.2) is 35.9 Å². The standard InChI is InChI=1S/C10H18N4S/c1-2-6-14(10-13-12-8-15-10)7-9-4-3-5-11-9/h8-9,11H,2-7H2,1H3. The van der Waals surface area contributed by atoms with Crippen molar-refractivity contribution < 1.29 is 0 Å². The van der Waals surface area contributed by atoms with Gasteiger partial charge in [-0.05, 0) is 25.8 Å². The fourth-order valence-electron chi connectivity index (χ4n) is 2.02. The molecule has 1 unspecified atom stereocenters. The highest BCUT2D eigenvalue weighted by Crippen LogP contribution is 2.18. The van der Waals surface area contributed by atoms with Crippen LogP contribution in [0.1, 0.15) is 26.2 Å². The maximum atomic E-state index is 4.14. The molecule has 2 rings (SSSR count). The summed E-state index contributed by atoms with van der Waals surface area (Å²) in [4.78, 5) is 2.35. The van der Waals surface area contributed by atoms with Crippen molar-refractivity contribution in [1.82, 2.24) is 15.5 Å². The van der Waals surface area contributed by atoms with Gasteiger partial charge in [0.25, 0.3) is 0 Å². The van der Waals surface area contributed by atoms with Crippen LogP contribution < -0.4 is 10.2 Å². The number of anilines is 1. The Morgan fingerprint density at radius 2 is 2.60 bits per heavy atom. The average Bonchev–Trinajstić information content (AvgIpc) is 2.89. The molecule has 2 heterocycles. The van der Waals surface area contributed by atoms with E-state index in [4.69, 9.17) is 0 Å². The third-order valence-corrected chi connectivity index (χ3v) is 3.47. The van der Waals surface area contributed by atoms with Crippen LogP contribution in [0.25, 0.3) is 0 Å². The van der Waals surface area contributed by atoms with Gasteiger partial charge in [-0.1, -0.05) is 18.3 Å². The first-order chi connectivity index (χ1) is 7.40. The van der Waals surface area contributed by atoms with Crippen LogP contribution in [-0.2, 0) is 0 Å². The molecular weight excluding hydrogens is 208 g/mol. The molecule has 1 aromatic rings. The van der Waals surface area contributed by atoms with Crippen molar-refractivity contribution in [2.45, 2.75) is 32.2 Å². The molecule has 0 bridgehead atoms. The van der Waals surface area contributed by atoms with Gasteiger partial charge >= 0.3 is 0 Å². The van der Waals surface area contributed by atoms with Gasteiger partial charge in [-0.15, -0.1) is 10.2 Å². The normalized spacial score (nSPS) is 20.7. The van der Waals surface area contributed by atoms with E-state index in [2.05, 4.69) is 27.3 Å². The van der Waals surface area contributed by atoms with Gasteiger partial charge in [0.1, 0.15) is 5.51 Å². The Morgan fingerprint density at radius 1 is 1.67 bits per heavy atom. The maximum absolute atomic E-state index is 4.14. The van der Waals surface area contributed by atoms with E-state index in [1.54, 1.807) is 16.8 Å². The van der Waals surface area contributed by atoms with Gasteiger partial charge in [-0.3, -0.25) is 0 Å². The van der Waals surface area contributed by atoms with Crippen LogP contribution >= 0.6 is 11.3 Å². The zero-order valence-corrected chi connectivity index (χ0v) is 9.96. The summed E-state index contributed by atoms with van der Waals surface area (Å²) in [6, 6.07) is 0.639. The molecule has 0 amide bonds. The molecule has 1 aliphatic heterocycles. The van der Waals surface area contributed by atoms with Gasteiger partial charge in [0.2, 0.25) is 5.13 Å². The quantitative estimate of drug-likeness (QED) is 0.826. The molecule has 5 heteroatoms. The van der Waals surface area contributed by atoms with Crippen molar-refractivity contribution >= 4 is 16.5 Å². The van der Waals surface area contributed by atoms with Gasteiger partial charge in [-0.25, -0.2) is 0 Å². The lowest BCUT2D eigenvalue weighted by Gasteiger charge is -2.24. The molecular formula is C10H18N4S. The van der Waals surface area contributed by atoms with Crippen LogP contribution in [0, 0.1) is 0 Å². The topological polar surface area (TPSA) is 41.0 Å². The second-order valence-electron chi connectivity index (χ2n) is 3.96.